The van der Waals surface area contributed by atoms with Crippen LogP contribution in [0.15, 0.2) is 0 Å². The maximum absolute atomic E-state index is 9.89. The molecule has 0 amide bonds. The van der Waals surface area contributed by atoms with Crippen molar-refractivity contribution in [1.29, 1.82) is 0 Å². The van der Waals surface area contributed by atoms with Crippen LogP contribution in [0, 0.1) is 24.2 Å². The fourth-order valence-electron chi connectivity index (χ4n) is 1.49. The van der Waals surface area contributed by atoms with Gasteiger partial charge >= 0.3 is 0 Å². The maximum Gasteiger partial charge on any atom is 0.122 e. The molecule has 0 aliphatic heterocycles. The number of hydrogen-bond acceptors (Lipinski definition) is 2. The summed E-state index contributed by atoms with van der Waals surface area (Å²) in [6.45, 7) is 8.17. The van der Waals surface area contributed by atoms with Crippen LogP contribution in [0.25, 0.3) is 0 Å². The minimum Gasteiger partial charge on any atom is -0.392 e. The molecule has 0 aromatic heterocycles. The van der Waals surface area contributed by atoms with Crippen LogP contribution in [-0.4, -0.2) is 17.5 Å². The third-order valence-electron chi connectivity index (χ3n) is 2.70. The summed E-state index contributed by atoms with van der Waals surface area (Å²) < 4.78 is 0. The van der Waals surface area contributed by atoms with Gasteiger partial charge < -0.3 is 9.90 Å². The lowest BCUT2D eigenvalue weighted by Crippen LogP contribution is -2.16. The van der Waals surface area contributed by atoms with Crippen molar-refractivity contribution < 1.29 is 9.90 Å². The second-order valence-electron chi connectivity index (χ2n) is 4.64. The van der Waals surface area contributed by atoms with E-state index in [1.165, 1.54) is 0 Å². The average molecular weight is 240 g/mol. The summed E-state index contributed by atoms with van der Waals surface area (Å²) >= 11 is 0. The number of aliphatic hydroxyl groups is 1. The largest absolute Gasteiger partial charge is 0.392 e. The van der Waals surface area contributed by atoms with Crippen LogP contribution in [0.5, 0.6) is 0 Å². The summed E-state index contributed by atoms with van der Waals surface area (Å²) in [7, 11) is 0. The molecule has 3 atom stereocenters. The third-order valence-corrected chi connectivity index (χ3v) is 2.70. The van der Waals surface area contributed by atoms with Crippen LogP contribution in [0.3, 0.4) is 0 Å². The van der Waals surface area contributed by atoms with E-state index in [-0.39, 0.29) is 12.0 Å². The Morgan fingerprint density at radius 1 is 1.24 bits per heavy atom. The molecule has 0 aliphatic carbocycles. The Kier molecular flexibility index (Phi) is 14.5. The highest BCUT2D eigenvalue weighted by atomic mass is 16.3. The standard InChI is InChI=1S/C9H16O.C6H12O/c1-4-6-8(3)9(10)7-5-2;1-3-4-6(2)5-7/h2,8-10H,4,6-7H2,1,3H3;5-6H,3-4H2,1-2H3. The molecule has 17 heavy (non-hydrogen) atoms. The zero-order valence-corrected chi connectivity index (χ0v) is 11.8. The summed E-state index contributed by atoms with van der Waals surface area (Å²) in [6.07, 6.45) is 10.6. The summed E-state index contributed by atoms with van der Waals surface area (Å²) in [5, 5.41) is 9.31. The number of carbonyl (C=O) groups is 1. The number of hydrogen-bond donors (Lipinski definition) is 1. The number of carbonyl (C=O) groups excluding carboxylic acids is 1. The van der Waals surface area contributed by atoms with Gasteiger partial charge in [-0.3, -0.25) is 0 Å². The number of aldehydes is 1. The Balaban J connectivity index is 0. The molecule has 2 heteroatoms. The van der Waals surface area contributed by atoms with Crippen molar-refractivity contribution >= 4 is 6.29 Å². The van der Waals surface area contributed by atoms with Crippen molar-refractivity contribution in [1.82, 2.24) is 0 Å². The zero-order chi connectivity index (χ0) is 13.7. The molecule has 3 unspecified atom stereocenters. The van der Waals surface area contributed by atoms with E-state index in [0.717, 1.165) is 32.0 Å². The second kappa shape index (κ2) is 13.3. The number of terminal acetylenes is 1. The van der Waals surface area contributed by atoms with Gasteiger partial charge in [0.1, 0.15) is 6.29 Å². The fourth-order valence-corrected chi connectivity index (χ4v) is 1.49. The Morgan fingerprint density at radius 2 is 1.76 bits per heavy atom. The normalized spacial score (nSPS) is 14.8. The molecule has 100 valence electrons. The highest BCUT2D eigenvalue weighted by Gasteiger charge is 2.10. The minimum atomic E-state index is -0.301. The molecule has 0 saturated carbocycles. The first-order valence-corrected chi connectivity index (χ1v) is 6.60. The first kappa shape index (κ1) is 18.6. The molecule has 0 aliphatic rings. The highest BCUT2D eigenvalue weighted by Crippen LogP contribution is 2.12. The van der Waals surface area contributed by atoms with Crippen LogP contribution < -0.4 is 0 Å². The molecular formula is C15H28O2. The van der Waals surface area contributed by atoms with E-state index in [4.69, 9.17) is 6.42 Å². The second-order valence-corrected chi connectivity index (χ2v) is 4.64. The first-order chi connectivity index (χ1) is 8.03. The van der Waals surface area contributed by atoms with Crippen LogP contribution in [0.1, 0.15) is 59.8 Å². The molecule has 0 aromatic carbocycles. The summed E-state index contributed by atoms with van der Waals surface area (Å²) in [6, 6.07) is 0. The van der Waals surface area contributed by atoms with Crippen molar-refractivity contribution in [2.45, 2.75) is 65.9 Å². The van der Waals surface area contributed by atoms with E-state index >= 15 is 0 Å². The first-order valence-electron chi connectivity index (χ1n) is 6.60. The quantitative estimate of drug-likeness (QED) is 0.547. The molecule has 0 rings (SSSR count). The molecule has 0 radical (unpaired) electrons. The Bertz CT molecular complexity index is 205. The fraction of sp³-hybridized carbons (Fsp3) is 0.800. The number of aliphatic hydroxyl groups excluding tert-OH is 1. The van der Waals surface area contributed by atoms with Crippen molar-refractivity contribution in [2.24, 2.45) is 11.8 Å². The predicted molar refractivity (Wildman–Crippen MR) is 73.7 cm³/mol. The summed E-state index contributed by atoms with van der Waals surface area (Å²) in [5.74, 6) is 3.07. The lowest BCUT2D eigenvalue weighted by molar-refractivity contribution is -0.110. The summed E-state index contributed by atoms with van der Waals surface area (Å²) in [4.78, 5) is 9.89. The van der Waals surface area contributed by atoms with Gasteiger partial charge in [0.25, 0.3) is 0 Å². The van der Waals surface area contributed by atoms with E-state index in [0.29, 0.717) is 12.3 Å². The zero-order valence-electron chi connectivity index (χ0n) is 11.8. The molecule has 0 saturated heterocycles. The van der Waals surface area contributed by atoms with E-state index in [1.54, 1.807) is 0 Å². The third kappa shape index (κ3) is 13.1. The van der Waals surface area contributed by atoms with Gasteiger partial charge in [-0.15, -0.1) is 12.3 Å². The van der Waals surface area contributed by atoms with Crippen molar-refractivity contribution in [3.63, 3.8) is 0 Å². The Morgan fingerprint density at radius 3 is 2.06 bits per heavy atom. The Labute approximate surface area is 107 Å². The molecule has 2 nitrogen and oxygen atoms in total. The van der Waals surface area contributed by atoms with Gasteiger partial charge in [0.15, 0.2) is 0 Å². The van der Waals surface area contributed by atoms with Gasteiger partial charge in [0.05, 0.1) is 6.10 Å². The lowest BCUT2D eigenvalue weighted by Gasteiger charge is -2.14. The van der Waals surface area contributed by atoms with Gasteiger partial charge in [-0.25, -0.2) is 0 Å². The smallest absolute Gasteiger partial charge is 0.122 e. The molecule has 0 bridgehead atoms. The van der Waals surface area contributed by atoms with E-state index < -0.39 is 0 Å². The van der Waals surface area contributed by atoms with Gasteiger partial charge in [0.2, 0.25) is 0 Å². The van der Waals surface area contributed by atoms with Gasteiger partial charge in [-0.05, 0) is 18.8 Å². The van der Waals surface area contributed by atoms with Crippen molar-refractivity contribution in [3.05, 3.63) is 0 Å². The van der Waals surface area contributed by atoms with Crippen LogP contribution in [-0.2, 0) is 4.79 Å². The van der Waals surface area contributed by atoms with E-state index in [1.807, 2.05) is 13.8 Å². The van der Waals surface area contributed by atoms with Crippen LogP contribution >= 0.6 is 0 Å². The SMILES string of the molecule is C#CCC(O)C(C)CCC.CCCC(C)C=O. The van der Waals surface area contributed by atoms with Gasteiger partial charge in [-0.1, -0.05) is 40.5 Å². The monoisotopic (exact) mass is 240 g/mol. The molecule has 0 fully saturated rings. The van der Waals surface area contributed by atoms with Crippen LogP contribution in [0.4, 0.5) is 0 Å². The molecule has 0 heterocycles. The van der Waals surface area contributed by atoms with Crippen molar-refractivity contribution in [3.8, 4) is 12.3 Å². The molecule has 0 spiro atoms. The minimum absolute atomic E-state index is 0.269. The van der Waals surface area contributed by atoms with Crippen molar-refractivity contribution in [2.75, 3.05) is 0 Å². The molecule has 0 aromatic rings. The maximum atomic E-state index is 9.89. The lowest BCUT2D eigenvalue weighted by atomic mass is 9.97. The molecular weight excluding hydrogens is 212 g/mol. The average Bonchev–Trinajstić information content (AvgIpc) is 2.30. The topological polar surface area (TPSA) is 37.3 Å². The predicted octanol–water partition coefficient (Wildman–Crippen LogP) is 3.43. The van der Waals surface area contributed by atoms with Gasteiger partial charge in [0, 0.05) is 12.3 Å². The highest BCUT2D eigenvalue weighted by molar-refractivity contribution is 5.52. The van der Waals surface area contributed by atoms with Crippen LogP contribution in [0.2, 0.25) is 0 Å². The number of rotatable bonds is 7. The van der Waals surface area contributed by atoms with E-state index in [9.17, 15) is 9.90 Å². The van der Waals surface area contributed by atoms with Gasteiger partial charge in [-0.2, -0.15) is 0 Å². The molecule has 1 N–H and O–H groups in total. The Hall–Kier alpha value is -0.810. The van der Waals surface area contributed by atoms with E-state index in [2.05, 4.69) is 19.8 Å². The summed E-state index contributed by atoms with van der Waals surface area (Å²) in [5.41, 5.74) is 0.